The molecule has 0 spiro atoms. The summed E-state index contributed by atoms with van der Waals surface area (Å²) in [6.07, 6.45) is 2.08. The highest BCUT2D eigenvalue weighted by Gasteiger charge is 2.17. The van der Waals surface area contributed by atoms with E-state index in [-0.39, 0.29) is 17.4 Å². The zero-order valence-electron chi connectivity index (χ0n) is 10.2. The van der Waals surface area contributed by atoms with Crippen LogP contribution in [0.25, 0.3) is 0 Å². The van der Waals surface area contributed by atoms with Crippen molar-refractivity contribution in [1.29, 1.82) is 0 Å². The maximum Gasteiger partial charge on any atom is 0.221 e. The highest BCUT2D eigenvalue weighted by atomic mass is 16.1. The second-order valence-electron chi connectivity index (χ2n) is 5.22. The molecule has 1 atom stereocenters. The molecule has 0 heterocycles. The van der Waals surface area contributed by atoms with E-state index in [4.69, 9.17) is 11.5 Å². The average Bonchev–Trinajstić information content (AvgIpc) is 2.00. The van der Waals surface area contributed by atoms with Crippen LogP contribution in [0.3, 0.4) is 0 Å². The number of nitrogens with one attached hydrogen (secondary N) is 1. The van der Waals surface area contributed by atoms with Gasteiger partial charge in [-0.3, -0.25) is 4.79 Å². The molecule has 1 amide bonds. The van der Waals surface area contributed by atoms with Crippen LogP contribution in [0.1, 0.15) is 40.0 Å². The Labute approximate surface area is 92.8 Å². The molecule has 0 aromatic heterocycles. The Kier molecular flexibility index (Phi) is 6.52. The summed E-state index contributed by atoms with van der Waals surface area (Å²) < 4.78 is 0. The smallest absolute Gasteiger partial charge is 0.221 e. The molecule has 0 rings (SSSR count). The third-order valence-corrected chi connectivity index (χ3v) is 2.03. The van der Waals surface area contributed by atoms with Gasteiger partial charge in [0.2, 0.25) is 5.91 Å². The van der Waals surface area contributed by atoms with Gasteiger partial charge in [-0.25, -0.2) is 0 Å². The second-order valence-corrected chi connectivity index (χ2v) is 5.22. The van der Waals surface area contributed by atoms with Crippen molar-refractivity contribution in [1.82, 2.24) is 5.32 Å². The largest absolute Gasteiger partial charge is 0.356 e. The summed E-state index contributed by atoms with van der Waals surface area (Å²) in [4.78, 5) is 11.4. The van der Waals surface area contributed by atoms with E-state index in [2.05, 4.69) is 26.1 Å². The van der Waals surface area contributed by atoms with E-state index < -0.39 is 0 Å². The summed E-state index contributed by atoms with van der Waals surface area (Å²) >= 11 is 0. The van der Waals surface area contributed by atoms with E-state index in [9.17, 15) is 4.79 Å². The molecule has 4 heteroatoms. The molecule has 0 aromatic rings. The van der Waals surface area contributed by atoms with Crippen molar-refractivity contribution in [2.24, 2.45) is 16.9 Å². The normalized spacial score (nSPS) is 13.7. The Morgan fingerprint density at radius 3 is 2.47 bits per heavy atom. The quantitative estimate of drug-likeness (QED) is 0.568. The number of hydrogen-bond donors (Lipinski definition) is 3. The summed E-state index contributed by atoms with van der Waals surface area (Å²) in [7, 11) is 0. The molecular weight excluding hydrogens is 190 g/mol. The van der Waals surface area contributed by atoms with Gasteiger partial charge < -0.3 is 16.8 Å². The summed E-state index contributed by atoms with van der Waals surface area (Å²) in [5.74, 6) is 0.0280. The lowest BCUT2D eigenvalue weighted by atomic mass is 9.87. The summed E-state index contributed by atoms with van der Waals surface area (Å²) in [5, 5.41) is 2.80. The summed E-state index contributed by atoms with van der Waals surface area (Å²) in [5.41, 5.74) is 11.4. The van der Waals surface area contributed by atoms with Gasteiger partial charge in [-0.15, -0.1) is 0 Å². The topological polar surface area (TPSA) is 81.1 Å². The van der Waals surface area contributed by atoms with Gasteiger partial charge in [0.25, 0.3) is 0 Å². The Hall–Kier alpha value is -0.610. The van der Waals surface area contributed by atoms with Crippen molar-refractivity contribution < 1.29 is 4.79 Å². The fourth-order valence-electron chi connectivity index (χ4n) is 1.50. The number of rotatable bonds is 6. The van der Waals surface area contributed by atoms with Crippen LogP contribution in [0.4, 0.5) is 0 Å². The van der Waals surface area contributed by atoms with Gasteiger partial charge in [-0.2, -0.15) is 0 Å². The Balaban J connectivity index is 3.67. The first-order valence-corrected chi connectivity index (χ1v) is 5.57. The molecule has 90 valence electrons. The molecule has 0 radical (unpaired) electrons. The third-order valence-electron chi connectivity index (χ3n) is 2.03. The van der Waals surface area contributed by atoms with Gasteiger partial charge >= 0.3 is 0 Å². The standard InChI is InChI=1S/C11H25N3O/c1-11(2,3)8-9(13)7-10(15)14-6-4-5-12/h9H,4-8,12-13H2,1-3H3,(H,14,15). The number of amides is 1. The molecule has 0 aliphatic carbocycles. The van der Waals surface area contributed by atoms with Crippen LogP contribution >= 0.6 is 0 Å². The number of nitrogens with two attached hydrogens (primary N) is 2. The molecule has 0 bridgehead atoms. The van der Waals surface area contributed by atoms with E-state index in [0.717, 1.165) is 12.8 Å². The molecule has 0 aliphatic heterocycles. The van der Waals surface area contributed by atoms with Gasteiger partial charge in [0.05, 0.1) is 0 Å². The number of carbonyl (C=O) groups is 1. The number of carbonyl (C=O) groups excluding carboxylic acids is 1. The van der Waals surface area contributed by atoms with Crippen LogP contribution < -0.4 is 16.8 Å². The van der Waals surface area contributed by atoms with Crippen LogP contribution in [0, 0.1) is 5.41 Å². The molecule has 5 N–H and O–H groups in total. The molecule has 15 heavy (non-hydrogen) atoms. The van der Waals surface area contributed by atoms with E-state index in [1.165, 1.54) is 0 Å². The highest BCUT2D eigenvalue weighted by Crippen LogP contribution is 2.20. The van der Waals surface area contributed by atoms with Crippen LogP contribution in [0.15, 0.2) is 0 Å². The zero-order chi connectivity index (χ0) is 11.9. The lowest BCUT2D eigenvalue weighted by Crippen LogP contribution is -2.34. The van der Waals surface area contributed by atoms with E-state index >= 15 is 0 Å². The van der Waals surface area contributed by atoms with E-state index in [1.54, 1.807) is 0 Å². The van der Waals surface area contributed by atoms with Crippen LogP contribution in [-0.4, -0.2) is 25.0 Å². The molecular formula is C11H25N3O. The first kappa shape index (κ1) is 14.4. The summed E-state index contributed by atoms with van der Waals surface area (Å²) in [6, 6.07) is -0.0529. The first-order valence-electron chi connectivity index (χ1n) is 5.57. The number of hydrogen-bond acceptors (Lipinski definition) is 3. The van der Waals surface area contributed by atoms with Crippen LogP contribution in [0.2, 0.25) is 0 Å². The van der Waals surface area contributed by atoms with Crippen LogP contribution in [0.5, 0.6) is 0 Å². The summed E-state index contributed by atoms with van der Waals surface area (Å²) in [6.45, 7) is 7.63. The average molecular weight is 215 g/mol. The van der Waals surface area contributed by atoms with Crippen molar-refractivity contribution in [3.8, 4) is 0 Å². The van der Waals surface area contributed by atoms with Crippen molar-refractivity contribution in [2.75, 3.05) is 13.1 Å². The predicted molar refractivity (Wildman–Crippen MR) is 63.3 cm³/mol. The maximum absolute atomic E-state index is 11.4. The van der Waals surface area contributed by atoms with Crippen molar-refractivity contribution >= 4 is 5.91 Å². The Bertz CT molecular complexity index is 187. The molecule has 4 nitrogen and oxygen atoms in total. The molecule has 1 unspecified atom stereocenters. The van der Waals surface area contributed by atoms with Crippen molar-refractivity contribution in [3.05, 3.63) is 0 Å². The second kappa shape index (κ2) is 6.80. The minimum Gasteiger partial charge on any atom is -0.356 e. The SMILES string of the molecule is CC(C)(C)CC(N)CC(=O)NCCCN. The first-order chi connectivity index (χ1) is 6.85. The monoisotopic (exact) mass is 215 g/mol. The molecule has 0 fully saturated rings. The minimum atomic E-state index is -0.0529. The van der Waals surface area contributed by atoms with Gasteiger partial charge in [-0.1, -0.05) is 20.8 Å². The van der Waals surface area contributed by atoms with Gasteiger partial charge in [0.1, 0.15) is 0 Å². The molecule has 0 aromatic carbocycles. The fraction of sp³-hybridized carbons (Fsp3) is 0.909. The van der Waals surface area contributed by atoms with Crippen molar-refractivity contribution in [2.45, 2.75) is 46.1 Å². The minimum absolute atomic E-state index is 0.0280. The van der Waals surface area contributed by atoms with E-state index in [0.29, 0.717) is 19.5 Å². The van der Waals surface area contributed by atoms with Gasteiger partial charge in [-0.05, 0) is 24.8 Å². The Morgan fingerprint density at radius 2 is 2.00 bits per heavy atom. The zero-order valence-corrected chi connectivity index (χ0v) is 10.2. The lowest BCUT2D eigenvalue weighted by molar-refractivity contribution is -0.121. The lowest BCUT2D eigenvalue weighted by Gasteiger charge is -2.22. The molecule has 0 saturated heterocycles. The van der Waals surface area contributed by atoms with E-state index in [1.807, 2.05) is 0 Å². The molecule has 0 aliphatic rings. The maximum atomic E-state index is 11.4. The fourth-order valence-corrected chi connectivity index (χ4v) is 1.50. The molecule has 0 saturated carbocycles. The van der Waals surface area contributed by atoms with Crippen molar-refractivity contribution in [3.63, 3.8) is 0 Å². The van der Waals surface area contributed by atoms with Gasteiger partial charge in [0, 0.05) is 19.0 Å². The predicted octanol–water partition coefficient (Wildman–Crippen LogP) is 0.605. The Morgan fingerprint density at radius 1 is 1.40 bits per heavy atom. The third kappa shape index (κ3) is 9.69. The highest BCUT2D eigenvalue weighted by molar-refractivity contribution is 5.76. The van der Waals surface area contributed by atoms with Gasteiger partial charge in [0.15, 0.2) is 0 Å². The van der Waals surface area contributed by atoms with Crippen LogP contribution in [-0.2, 0) is 4.79 Å².